The Labute approximate surface area is 136 Å². The summed E-state index contributed by atoms with van der Waals surface area (Å²) < 4.78 is 18.6. The monoisotopic (exact) mass is 324 g/mol. The van der Waals surface area contributed by atoms with Crippen LogP contribution >= 0.6 is 0 Å². The molecule has 0 aromatic heterocycles. The molecule has 0 saturated carbocycles. The predicted octanol–water partition coefficient (Wildman–Crippen LogP) is 1.94. The molecule has 0 spiro atoms. The Hall–Kier alpha value is -1.66. The molecule has 2 rings (SSSR count). The lowest BCUT2D eigenvalue weighted by molar-refractivity contribution is 0.0506. The van der Waals surface area contributed by atoms with E-state index in [2.05, 4.69) is 10.6 Å². The molecule has 1 unspecified atom stereocenters. The average Bonchev–Trinajstić information content (AvgIpc) is 2.54. The lowest BCUT2D eigenvalue weighted by Gasteiger charge is -2.38. The Kier molecular flexibility index (Phi) is 6.36. The molecule has 1 saturated heterocycles. The normalized spacial score (nSPS) is 18.2. The zero-order valence-electron chi connectivity index (χ0n) is 13.5. The van der Waals surface area contributed by atoms with Gasteiger partial charge in [0, 0.05) is 31.7 Å². The molecule has 1 aliphatic heterocycles. The summed E-state index contributed by atoms with van der Waals surface area (Å²) in [4.78, 5) is 11.9. The van der Waals surface area contributed by atoms with Crippen LogP contribution in [0.4, 0.5) is 9.18 Å². The third kappa shape index (κ3) is 5.18. The molecule has 23 heavy (non-hydrogen) atoms. The summed E-state index contributed by atoms with van der Waals surface area (Å²) in [6.45, 7) is 3.84. The van der Waals surface area contributed by atoms with Gasteiger partial charge in [0.1, 0.15) is 5.82 Å². The Morgan fingerprint density at radius 3 is 2.57 bits per heavy atom. The first-order chi connectivity index (χ1) is 11.0. The first-order valence-electron chi connectivity index (χ1n) is 8.05. The average molecular weight is 324 g/mol. The minimum absolute atomic E-state index is 0.229. The quantitative estimate of drug-likeness (QED) is 0.749. The summed E-state index contributed by atoms with van der Waals surface area (Å²) in [7, 11) is 0. The van der Waals surface area contributed by atoms with Crippen LogP contribution in [0.3, 0.4) is 0 Å². The van der Waals surface area contributed by atoms with Crippen LogP contribution in [-0.2, 0) is 10.2 Å². The highest BCUT2D eigenvalue weighted by atomic mass is 19.1. The highest BCUT2D eigenvalue weighted by Gasteiger charge is 2.34. The molecular formula is C17H25FN2O3. The van der Waals surface area contributed by atoms with E-state index in [1.807, 2.05) is 0 Å². The van der Waals surface area contributed by atoms with E-state index in [0.717, 1.165) is 18.4 Å². The fourth-order valence-electron chi connectivity index (χ4n) is 2.84. The molecule has 0 aliphatic carbocycles. The van der Waals surface area contributed by atoms with Gasteiger partial charge in [-0.2, -0.15) is 0 Å². The number of aliphatic hydroxyl groups excluding tert-OH is 1. The number of ether oxygens (including phenoxy) is 1. The van der Waals surface area contributed by atoms with Crippen LogP contribution in [-0.4, -0.2) is 43.5 Å². The maximum absolute atomic E-state index is 13.2. The van der Waals surface area contributed by atoms with Crippen LogP contribution in [0.2, 0.25) is 0 Å². The molecule has 1 aromatic carbocycles. The van der Waals surface area contributed by atoms with Gasteiger partial charge in [0.2, 0.25) is 0 Å². The maximum atomic E-state index is 13.2. The summed E-state index contributed by atoms with van der Waals surface area (Å²) in [6.07, 6.45) is 1.65. The lowest BCUT2D eigenvalue weighted by atomic mass is 9.74. The lowest BCUT2D eigenvalue weighted by Crippen LogP contribution is -2.47. The van der Waals surface area contributed by atoms with Gasteiger partial charge in [0.05, 0.1) is 6.10 Å². The van der Waals surface area contributed by atoms with Crippen LogP contribution in [0.5, 0.6) is 0 Å². The van der Waals surface area contributed by atoms with E-state index in [1.54, 1.807) is 19.1 Å². The second-order valence-electron chi connectivity index (χ2n) is 6.15. The molecule has 128 valence electrons. The molecule has 1 fully saturated rings. The zero-order valence-corrected chi connectivity index (χ0v) is 13.5. The number of aliphatic hydroxyl groups is 1. The molecule has 0 bridgehead atoms. The summed E-state index contributed by atoms with van der Waals surface area (Å²) >= 11 is 0. The van der Waals surface area contributed by atoms with Crippen molar-refractivity contribution in [1.29, 1.82) is 0 Å². The fourth-order valence-corrected chi connectivity index (χ4v) is 2.84. The van der Waals surface area contributed by atoms with Crippen molar-refractivity contribution in [2.75, 3.05) is 26.3 Å². The highest BCUT2D eigenvalue weighted by Crippen LogP contribution is 2.34. The third-order valence-electron chi connectivity index (χ3n) is 4.34. The smallest absolute Gasteiger partial charge is 0.314 e. The van der Waals surface area contributed by atoms with Gasteiger partial charge >= 0.3 is 6.03 Å². The van der Waals surface area contributed by atoms with Gasteiger partial charge in [0.15, 0.2) is 0 Å². The zero-order chi connectivity index (χ0) is 16.7. The van der Waals surface area contributed by atoms with Crippen molar-refractivity contribution in [3.63, 3.8) is 0 Å². The summed E-state index contributed by atoms with van der Waals surface area (Å²) in [5.74, 6) is -0.264. The fraction of sp³-hybridized carbons (Fsp3) is 0.588. The van der Waals surface area contributed by atoms with Crippen LogP contribution in [0.1, 0.15) is 31.7 Å². The Bertz CT molecular complexity index is 499. The molecule has 1 heterocycles. The Morgan fingerprint density at radius 1 is 1.30 bits per heavy atom. The van der Waals surface area contributed by atoms with E-state index in [4.69, 9.17) is 4.74 Å². The van der Waals surface area contributed by atoms with E-state index in [1.165, 1.54) is 12.1 Å². The number of rotatable bonds is 6. The number of carbonyl (C=O) groups excluding carboxylic acids is 1. The van der Waals surface area contributed by atoms with Crippen LogP contribution in [0.15, 0.2) is 24.3 Å². The summed E-state index contributed by atoms with van der Waals surface area (Å²) in [6, 6.07) is 6.23. The number of carbonyl (C=O) groups is 1. The number of nitrogens with one attached hydrogen (secondary N) is 2. The number of hydrogen-bond donors (Lipinski definition) is 3. The van der Waals surface area contributed by atoms with Crippen molar-refractivity contribution in [2.24, 2.45) is 0 Å². The molecular weight excluding hydrogens is 299 g/mol. The van der Waals surface area contributed by atoms with Gasteiger partial charge in [0.25, 0.3) is 0 Å². The number of benzene rings is 1. The Morgan fingerprint density at radius 2 is 1.96 bits per heavy atom. The molecule has 3 N–H and O–H groups in total. The SMILES string of the molecule is CC(O)CCNC(=O)NCC1(c2ccc(F)cc2)CCOCC1. The molecule has 0 radical (unpaired) electrons. The number of halogens is 1. The first kappa shape index (κ1) is 17.7. The summed E-state index contributed by atoms with van der Waals surface area (Å²) in [5.41, 5.74) is 0.791. The van der Waals surface area contributed by atoms with Crippen molar-refractivity contribution < 1.29 is 19.0 Å². The summed E-state index contributed by atoms with van der Waals surface area (Å²) in [5, 5.41) is 14.8. The van der Waals surface area contributed by atoms with E-state index in [-0.39, 0.29) is 17.3 Å². The molecule has 5 nitrogen and oxygen atoms in total. The largest absolute Gasteiger partial charge is 0.393 e. The van der Waals surface area contributed by atoms with Crippen LogP contribution < -0.4 is 10.6 Å². The maximum Gasteiger partial charge on any atom is 0.314 e. The molecule has 2 amide bonds. The van der Waals surface area contributed by atoms with Crippen LogP contribution in [0, 0.1) is 5.82 Å². The van der Waals surface area contributed by atoms with E-state index in [9.17, 15) is 14.3 Å². The van der Waals surface area contributed by atoms with E-state index in [0.29, 0.717) is 32.7 Å². The van der Waals surface area contributed by atoms with Crippen molar-refractivity contribution in [3.05, 3.63) is 35.6 Å². The van der Waals surface area contributed by atoms with Gasteiger partial charge in [-0.25, -0.2) is 9.18 Å². The highest BCUT2D eigenvalue weighted by molar-refractivity contribution is 5.73. The molecule has 1 aliphatic rings. The second kappa shape index (κ2) is 8.26. The predicted molar refractivity (Wildman–Crippen MR) is 85.8 cm³/mol. The minimum atomic E-state index is -0.434. The number of hydrogen-bond acceptors (Lipinski definition) is 3. The number of urea groups is 1. The van der Waals surface area contributed by atoms with E-state index < -0.39 is 6.10 Å². The van der Waals surface area contributed by atoms with Gasteiger partial charge in [-0.3, -0.25) is 0 Å². The van der Waals surface area contributed by atoms with Gasteiger partial charge in [-0.15, -0.1) is 0 Å². The molecule has 1 atom stereocenters. The first-order valence-corrected chi connectivity index (χ1v) is 8.05. The Balaban J connectivity index is 1.96. The molecule has 1 aromatic rings. The van der Waals surface area contributed by atoms with Crippen molar-refractivity contribution in [1.82, 2.24) is 10.6 Å². The van der Waals surface area contributed by atoms with Crippen LogP contribution in [0.25, 0.3) is 0 Å². The van der Waals surface area contributed by atoms with Crippen molar-refractivity contribution in [3.8, 4) is 0 Å². The molecule has 6 heteroatoms. The standard InChI is InChI=1S/C17H25FN2O3/c1-13(21)6-9-19-16(22)20-12-17(7-10-23-11-8-17)14-2-4-15(18)5-3-14/h2-5,13,21H,6-12H2,1H3,(H2,19,20,22). The van der Waals surface area contributed by atoms with E-state index >= 15 is 0 Å². The van der Waals surface area contributed by atoms with Gasteiger partial charge in [-0.05, 0) is 43.9 Å². The van der Waals surface area contributed by atoms with Crippen molar-refractivity contribution in [2.45, 2.75) is 37.7 Å². The topological polar surface area (TPSA) is 70.6 Å². The second-order valence-corrected chi connectivity index (χ2v) is 6.15. The minimum Gasteiger partial charge on any atom is -0.393 e. The number of amides is 2. The van der Waals surface area contributed by atoms with Gasteiger partial charge in [-0.1, -0.05) is 12.1 Å². The van der Waals surface area contributed by atoms with Gasteiger partial charge < -0.3 is 20.5 Å². The van der Waals surface area contributed by atoms with Crippen molar-refractivity contribution >= 4 is 6.03 Å². The third-order valence-corrected chi connectivity index (χ3v) is 4.34.